The lowest BCUT2D eigenvalue weighted by Crippen LogP contribution is -2.79. The van der Waals surface area contributed by atoms with Crippen molar-refractivity contribution in [2.24, 2.45) is 0 Å². The molecule has 2 aromatic rings. The maximum Gasteiger partial charge on any atom is 0.338 e. The van der Waals surface area contributed by atoms with E-state index in [0.717, 1.165) is 26.5 Å². The number of hydrogen-bond donors (Lipinski definition) is 3. The summed E-state index contributed by atoms with van der Waals surface area (Å²) < 4.78 is 22.6. The fourth-order valence-corrected chi connectivity index (χ4v) is 9.76. The zero-order chi connectivity index (χ0) is 28.8. The Morgan fingerprint density at radius 3 is 2.54 bits per heavy atom. The van der Waals surface area contributed by atoms with Crippen molar-refractivity contribution in [1.29, 1.82) is 0 Å². The number of methoxy groups -OCH3 is 1. The Labute approximate surface area is 240 Å². The summed E-state index contributed by atoms with van der Waals surface area (Å²) in [7, 11) is 4.70. The summed E-state index contributed by atoms with van der Waals surface area (Å²) in [5.74, 6) is -2.15. The number of ether oxygens (including phenoxy) is 4. The molecule has 4 fully saturated rings. The smallest absolute Gasteiger partial charge is 0.338 e. The van der Waals surface area contributed by atoms with Gasteiger partial charge >= 0.3 is 5.97 Å². The van der Waals surface area contributed by atoms with Crippen LogP contribution in [0.4, 0.5) is 0 Å². The van der Waals surface area contributed by atoms with Crippen LogP contribution in [-0.4, -0.2) is 85.1 Å². The lowest BCUT2D eigenvalue weighted by atomic mass is 9.93. The van der Waals surface area contributed by atoms with Crippen LogP contribution in [0.5, 0.6) is 23.0 Å². The summed E-state index contributed by atoms with van der Waals surface area (Å²) in [5.41, 5.74) is 0.396. The van der Waals surface area contributed by atoms with Crippen LogP contribution in [0.1, 0.15) is 22.0 Å². The molecule has 14 heteroatoms. The molecule has 7 bridgehead atoms. The van der Waals surface area contributed by atoms with E-state index in [-0.39, 0.29) is 39.7 Å². The van der Waals surface area contributed by atoms with Crippen molar-refractivity contribution in [3.8, 4) is 23.0 Å². The Kier molecular flexibility index (Phi) is 5.61. The molecule has 4 saturated heterocycles. The van der Waals surface area contributed by atoms with Crippen LogP contribution in [0.15, 0.2) is 60.6 Å². The van der Waals surface area contributed by atoms with Gasteiger partial charge in [0.15, 0.2) is 23.0 Å². The summed E-state index contributed by atoms with van der Waals surface area (Å²) in [5, 5.41) is 34.0. The van der Waals surface area contributed by atoms with Gasteiger partial charge in [0.2, 0.25) is 9.74 Å². The van der Waals surface area contributed by atoms with E-state index < -0.39 is 51.9 Å². The second-order valence-corrected chi connectivity index (χ2v) is 12.6. The molecule has 0 saturated carbocycles. The number of phenols is 1. The third-order valence-corrected chi connectivity index (χ3v) is 11.6. The van der Waals surface area contributed by atoms with Crippen LogP contribution in [0.3, 0.4) is 0 Å². The molecule has 6 aliphatic rings. The first kappa shape index (κ1) is 26.1. The van der Waals surface area contributed by atoms with Crippen molar-refractivity contribution in [2.75, 3.05) is 14.2 Å². The minimum absolute atomic E-state index is 0.0624. The monoisotopic (exact) mass is 598 g/mol. The molecule has 1 unspecified atom stereocenters. The Morgan fingerprint density at radius 1 is 0.976 bits per heavy atom. The van der Waals surface area contributed by atoms with Crippen molar-refractivity contribution >= 4 is 39.4 Å². The maximum absolute atomic E-state index is 14.5. The van der Waals surface area contributed by atoms with E-state index in [0.29, 0.717) is 0 Å². The van der Waals surface area contributed by atoms with Gasteiger partial charge in [0.25, 0.3) is 11.8 Å². The minimum Gasteiger partial charge on any atom is -0.504 e. The minimum atomic E-state index is -1.88. The van der Waals surface area contributed by atoms with E-state index in [2.05, 4.69) is 0 Å². The van der Waals surface area contributed by atoms with Crippen molar-refractivity contribution in [2.45, 2.75) is 34.1 Å². The Balaban J connectivity index is 1.49. The second-order valence-electron chi connectivity index (χ2n) is 10.00. The zero-order valence-electron chi connectivity index (χ0n) is 21.4. The number of benzene rings is 2. The van der Waals surface area contributed by atoms with Crippen LogP contribution in [0, 0.1) is 0 Å². The highest BCUT2D eigenvalue weighted by Crippen LogP contribution is 2.67. The molecule has 212 valence electrons. The van der Waals surface area contributed by atoms with Gasteiger partial charge in [-0.2, -0.15) is 0 Å². The number of carbonyl (C=O) groups is 3. The summed E-state index contributed by atoms with van der Waals surface area (Å²) in [6.45, 7) is 0. The molecule has 2 aromatic carbocycles. The average molecular weight is 599 g/mol. The summed E-state index contributed by atoms with van der Waals surface area (Å²) >= 11 is 0. The lowest BCUT2D eigenvalue weighted by Gasteiger charge is -2.60. The van der Waals surface area contributed by atoms with Gasteiger partial charge < -0.3 is 44.1 Å². The Hall–Kier alpha value is -3.85. The third kappa shape index (κ3) is 3.24. The number of hydrogen-bond acceptors (Lipinski definition) is 12. The van der Waals surface area contributed by atoms with E-state index in [9.17, 15) is 29.7 Å². The largest absolute Gasteiger partial charge is 0.504 e. The van der Waals surface area contributed by atoms with Crippen molar-refractivity contribution in [3.63, 3.8) is 0 Å². The van der Waals surface area contributed by atoms with Crippen LogP contribution in [-0.2, 0) is 19.1 Å². The van der Waals surface area contributed by atoms with Crippen molar-refractivity contribution < 1.29 is 48.7 Å². The second kappa shape index (κ2) is 8.82. The molecule has 6 heterocycles. The van der Waals surface area contributed by atoms with E-state index in [1.807, 2.05) is 0 Å². The first-order valence-corrected chi connectivity index (χ1v) is 14.6. The molecule has 2 amide bonds. The molecule has 0 aromatic heterocycles. The molecule has 8 rings (SSSR count). The first-order valence-electron chi connectivity index (χ1n) is 12.4. The van der Waals surface area contributed by atoms with Gasteiger partial charge in [0, 0.05) is 12.6 Å². The quantitative estimate of drug-likeness (QED) is 0.325. The highest BCUT2D eigenvalue weighted by atomic mass is 33.1. The predicted octanol–water partition coefficient (Wildman–Crippen LogP) is 2.02. The Bertz CT molecular complexity index is 1600. The SMILES string of the molecule is COc1ccc2cc1Oc1cc(ccc1O)[C@H](O)[C@]13SS[C@@]4(C(=O)N1C)[C@H](O)C1=COC=CC(OC2=O)[C@H]1N4C3=O. The number of phenolic OH excluding ortho intramolecular Hbond substituents is 1. The van der Waals surface area contributed by atoms with Crippen LogP contribution in [0.25, 0.3) is 0 Å². The van der Waals surface area contributed by atoms with Crippen LogP contribution < -0.4 is 9.47 Å². The molecule has 3 N–H and O–H groups in total. The number of amides is 2. The number of likely N-dealkylation sites (N-methyl/N-ethyl adjacent to an activating group) is 1. The fraction of sp³-hybridized carbons (Fsp3) is 0.296. The molecule has 2 spiro atoms. The number of fused-ring (bicyclic) bond motifs is 6. The molecular weight excluding hydrogens is 576 g/mol. The fourth-order valence-electron chi connectivity index (χ4n) is 5.89. The molecule has 6 aliphatic heterocycles. The molecule has 0 radical (unpaired) electrons. The number of rotatable bonds is 1. The van der Waals surface area contributed by atoms with Gasteiger partial charge in [0.1, 0.15) is 24.4 Å². The lowest BCUT2D eigenvalue weighted by molar-refractivity contribution is -0.175. The molecular formula is C27H22N2O10S2. The normalized spacial score (nSPS) is 33.2. The highest BCUT2D eigenvalue weighted by molar-refractivity contribution is 8.78. The first-order chi connectivity index (χ1) is 19.6. The van der Waals surface area contributed by atoms with Gasteiger partial charge in [-0.25, -0.2) is 4.79 Å². The van der Waals surface area contributed by atoms with E-state index in [1.165, 1.54) is 74.1 Å². The number of esters is 1. The topological polar surface area (TPSA) is 155 Å². The molecule has 6 atom stereocenters. The van der Waals surface area contributed by atoms with Crippen LogP contribution in [0.2, 0.25) is 0 Å². The Morgan fingerprint density at radius 2 is 1.76 bits per heavy atom. The van der Waals surface area contributed by atoms with Crippen molar-refractivity contribution in [3.05, 3.63) is 71.7 Å². The third-order valence-electron chi connectivity index (χ3n) is 7.99. The number of aliphatic hydroxyl groups excluding tert-OH is 2. The van der Waals surface area contributed by atoms with E-state index in [1.54, 1.807) is 0 Å². The zero-order valence-corrected chi connectivity index (χ0v) is 23.0. The number of aliphatic hydroxyl groups is 2. The predicted molar refractivity (Wildman–Crippen MR) is 144 cm³/mol. The molecule has 41 heavy (non-hydrogen) atoms. The molecule has 0 aliphatic carbocycles. The van der Waals surface area contributed by atoms with E-state index >= 15 is 0 Å². The summed E-state index contributed by atoms with van der Waals surface area (Å²) in [6.07, 6.45) is -0.351. The number of piperazine rings is 1. The van der Waals surface area contributed by atoms with Gasteiger partial charge in [0.05, 0.1) is 25.2 Å². The van der Waals surface area contributed by atoms with Gasteiger partial charge in [-0.15, -0.1) is 0 Å². The summed E-state index contributed by atoms with van der Waals surface area (Å²) in [6, 6.07) is 7.26. The van der Waals surface area contributed by atoms with Gasteiger partial charge in [-0.1, -0.05) is 6.07 Å². The number of carbonyl (C=O) groups excluding carboxylic acids is 3. The highest BCUT2D eigenvalue weighted by Gasteiger charge is 2.78. The standard InChI is InChI=1S/C27H22N2O10S2/c1-28-24(34)27-22(32)14-11-37-8-7-17-20(14)29(27)25(35)26(28,40-41-27)21(31)12-3-5-15(30)18(9-12)38-19-10-13(23(33)39-17)4-6-16(19)36-2/h3-11,17,20-22,30-32H,1-2H3/t17?,20-,21-,22+,26+,27+/m0/s1. The van der Waals surface area contributed by atoms with Crippen molar-refractivity contribution in [1.82, 2.24) is 9.80 Å². The number of aromatic hydroxyl groups is 1. The van der Waals surface area contributed by atoms with E-state index in [4.69, 9.17) is 18.9 Å². The number of nitrogens with zero attached hydrogens (tertiary/aromatic N) is 2. The maximum atomic E-state index is 14.5. The molecule has 12 nitrogen and oxygen atoms in total. The summed E-state index contributed by atoms with van der Waals surface area (Å²) in [4.78, 5) is 40.7. The van der Waals surface area contributed by atoms with Gasteiger partial charge in [-0.05, 0) is 63.6 Å². The van der Waals surface area contributed by atoms with Crippen LogP contribution >= 0.6 is 21.6 Å². The van der Waals surface area contributed by atoms with Gasteiger partial charge in [-0.3, -0.25) is 9.59 Å². The average Bonchev–Trinajstić information content (AvgIpc) is 3.07.